The maximum Gasteiger partial charge on any atom is 0.159 e. The monoisotopic (exact) mass is 424 g/mol. The number of aromatic nitrogens is 2. The lowest BCUT2D eigenvalue weighted by Crippen LogP contribution is -2.47. The SMILES string of the molecule is Nc1c(Nc2cccc(Br)c2)ncnc1N1CCN(c2ccccc2)CC1. The zero-order chi connectivity index (χ0) is 18.6. The first-order chi connectivity index (χ1) is 13.2. The molecule has 0 amide bonds. The summed E-state index contributed by atoms with van der Waals surface area (Å²) in [6.07, 6.45) is 1.57. The molecule has 0 bridgehead atoms. The van der Waals surface area contributed by atoms with Gasteiger partial charge in [-0.1, -0.05) is 40.2 Å². The average Bonchev–Trinajstić information content (AvgIpc) is 2.71. The average molecular weight is 425 g/mol. The first-order valence-electron chi connectivity index (χ1n) is 8.89. The van der Waals surface area contributed by atoms with E-state index in [1.807, 2.05) is 30.3 Å². The molecule has 0 saturated carbocycles. The van der Waals surface area contributed by atoms with Gasteiger partial charge in [-0.3, -0.25) is 0 Å². The van der Waals surface area contributed by atoms with Gasteiger partial charge in [0.15, 0.2) is 11.6 Å². The largest absolute Gasteiger partial charge is 0.393 e. The number of nitrogens with zero attached hydrogens (tertiary/aromatic N) is 4. The number of nitrogen functional groups attached to an aromatic ring is 1. The highest BCUT2D eigenvalue weighted by molar-refractivity contribution is 9.10. The molecule has 0 radical (unpaired) electrons. The fraction of sp³-hybridized carbons (Fsp3) is 0.200. The number of halogens is 1. The predicted molar refractivity (Wildman–Crippen MR) is 115 cm³/mol. The lowest BCUT2D eigenvalue weighted by molar-refractivity contribution is 0.647. The van der Waals surface area contributed by atoms with Crippen molar-refractivity contribution >= 4 is 44.6 Å². The molecule has 2 aromatic carbocycles. The Labute approximate surface area is 167 Å². The molecule has 27 heavy (non-hydrogen) atoms. The van der Waals surface area contributed by atoms with E-state index in [2.05, 4.69) is 65.3 Å². The summed E-state index contributed by atoms with van der Waals surface area (Å²) < 4.78 is 0.998. The molecule has 138 valence electrons. The van der Waals surface area contributed by atoms with Gasteiger partial charge in [0.05, 0.1) is 0 Å². The molecule has 1 aliphatic rings. The Morgan fingerprint density at radius 1 is 0.889 bits per heavy atom. The maximum atomic E-state index is 6.39. The topological polar surface area (TPSA) is 70.3 Å². The van der Waals surface area contributed by atoms with Crippen molar-refractivity contribution in [2.75, 3.05) is 47.0 Å². The third-order valence-electron chi connectivity index (χ3n) is 4.65. The van der Waals surface area contributed by atoms with Gasteiger partial charge in [-0.2, -0.15) is 0 Å². The fourth-order valence-corrected chi connectivity index (χ4v) is 3.66. The molecule has 0 unspecified atom stereocenters. The summed E-state index contributed by atoms with van der Waals surface area (Å²) in [7, 11) is 0. The summed E-state index contributed by atoms with van der Waals surface area (Å²) in [5.41, 5.74) is 9.15. The van der Waals surface area contributed by atoms with Gasteiger partial charge in [0, 0.05) is 42.0 Å². The van der Waals surface area contributed by atoms with E-state index in [4.69, 9.17) is 5.73 Å². The summed E-state index contributed by atoms with van der Waals surface area (Å²) >= 11 is 3.48. The zero-order valence-electron chi connectivity index (χ0n) is 14.8. The van der Waals surface area contributed by atoms with Crippen LogP contribution in [-0.2, 0) is 0 Å². The second kappa shape index (κ2) is 7.84. The standard InChI is InChI=1S/C20H21BrN6/c21-15-5-4-6-16(13-15)25-19-18(22)20(24-14-23-19)27-11-9-26(10-12-27)17-7-2-1-3-8-17/h1-8,13-14H,9-12,22H2,(H,23,24,25). The number of nitrogens with two attached hydrogens (primary N) is 1. The van der Waals surface area contributed by atoms with E-state index in [0.29, 0.717) is 11.5 Å². The summed E-state index contributed by atoms with van der Waals surface area (Å²) in [5, 5.41) is 3.28. The minimum absolute atomic E-state index is 0.575. The van der Waals surface area contributed by atoms with Crippen LogP contribution >= 0.6 is 15.9 Å². The van der Waals surface area contributed by atoms with Crippen molar-refractivity contribution in [3.8, 4) is 0 Å². The van der Waals surface area contributed by atoms with E-state index < -0.39 is 0 Å². The Kier molecular flexibility index (Phi) is 5.11. The molecule has 7 heteroatoms. The molecule has 0 spiro atoms. The molecular weight excluding hydrogens is 404 g/mol. The molecule has 3 N–H and O–H groups in total. The van der Waals surface area contributed by atoms with Gasteiger partial charge in [-0.15, -0.1) is 0 Å². The van der Waals surface area contributed by atoms with E-state index in [0.717, 1.165) is 42.2 Å². The summed E-state index contributed by atoms with van der Waals surface area (Å²) in [4.78, 5) is 13.4. The van der Waals surface area contributed by atoms with E-state index in [9.17, 15) is 0 Å². The van der Waals surface area contributed by atoms with E-state index in [1.165, 1.54) is 5.69 Å². The number of rotatable bonds is 4. The quantitative estimate of drug-likeness (QED) is 0.661. The molecule has 2 heterocycles. The number of piperazine rings is 1. The maximum absolute atomic E-state index is 6.39. The second-order valence-electron chi connectivity index (χ2n) is 6.40. The van der Waals surface area contributed by atoms with Gasteiger partial charge >= 0.3 is 0 Å². The van der Waals surface area contributed by atoms with Gasteiger partial charge in [0.2, 0.25) is 0 Å². The van der Waals surface area contributed by atoms with Crippen LogP contribution in [0.5, 0.6) is 0 Å². The Bertz CT molecular complexity index is 909. The number of anilines is 5. The summed E-state index contributed by atoms with van der Waals surface area (Å²) in [6, 6.07) is 18.4. The van der Waals surface area contributed by atoms with Gasteiger partial charge in [-0.25, -0.2) is 9.97 Å². The number of benzene rings is 2. The second-order valence-corrected chi connectivity index (χ2v) is 7.32. The van der Waals surface area contributed by atoms with E-state index >= 15 is 0 Å². The molecule has 1 saturated heterocycles. The molecule has 0 atom stereocenters. The molecule has 6 nitrogen and oxygen atoms in total. The van der Waals surface area contributed by atoms with Crippen LogP contribution in [0.2, 0.25) is 0 Å². The molecule has 1 aromatic heterocycles. The van der Waals surface area contributed by atoms with Crippen molar-refractivity contribution in [3.05, 3.63) is 65.4 Å². The zero-order valence-corrected chi connectivity index (χ0v) is 16.4. The van der Waals surface area contributed by atoms with Crippen LogP contribution in [0.15, 0.2) is 65.4 Å². The Balaban J connectivity index is 1.48. The Morgan fingerprint density at radius 3 is 2.37 bits per heavy atom. The first-order valence-corrected chi connectivity index (χ1v) is 9.68. The number of hydrogen-bond donors (Lipinski definition) is 2. The third-order valence-corrected chi connectivity index (χ3v) is 5.14. The molecule has 1 aliphatic heterocycles. The first kappa shape index (κ1) is 17.6. The van der Waals surface area contributed by atoms with Crippen LogP contribution < -0.4 is 20.9 Å². The molecular formula is C20H21BrN6. The highest BCUT2D eigenvalue weighted by atomic mass is 79.9. The van der Waals surface area contributed by atoms with Crippen LogP contribution in [0.25, 0.3) is 0 Å². The van der Waals surface area contributed by atoms with Crippen LogP contribution in [-0.4, -0.2) is 36.1 Å². The molecule has 0 aliphatic carbocycles. The Morgan fingerprint density at radius 2 is 1.63 bits per heavy atom. The number of nitrogens with one attached hydrogen (secondary N) is 1. The van der Waals surface area contributed by atoms with Crippen molar-refractivity contribution in [1.82, 2.24) is 9.97 Å². The molecule has 3 aromatic rings. The van der Waals surface area contributed by atoms with Gasteiger partial charge in [0.25, 0.3) is 0 Å². The highest BCUT2D eigenvalue weighted by Crippen LogP contribution is 2.30. The third kappa shape index (κ3) is 3.98. The van der Waals surface area contributed by atoms with Gasteiger partial charge < -0.3 is 20.9 Å². The van der Waals surface area contributed by atoms with Crippen LogP contribution in [0, 0.1) is 0 Å². The van der Waals surface area contributed by atoms with Crippen LogP contribution in [0.1, 0.15) is 0 Å². The van der Waals surface area contributed by atoms with Crippen LogP contribution in [0.3, 0.4) is 0 Å². The Hall–Kier alpha value is -2.80. The minimum Gasteiger partial charge on any atom is -0.393 e. The minimum atomic E-state index is 0.575. The van der Waals surface area contributed by atoms with E-state index in [-0.39, 0.29) is 0 Å². The lowest BCUT2D eigenvalue weighted by atomic mass is 10.2. The van der Waals surface area contributed by atoms with Crippen molar-refractivity contribution in [1.29, 1.82) is 0 Å². The summed E-state index contributed by atoms with van der Waals surface area (Å²) in [5.74, 6) is 1.42. The number of para-hydroxylation sites is 1. The van der Waals surface area contributed by atoms with Gasteiger partial charge in [0.1, 0.15) is 12.0 Å². The molecule has 4 rings (SSSR count). The van der Waals surface area contributed by atoms with Gasteiger partial charge in [-0.05, 0) is 30.3 Å². The number of hydrogen-bond acceptors (Lipinski definition) is 6. The fourth-order valence-electron chi connectivity index (χ4n) is 3.26. The lowest BCUT2D eigenvalue weighted by Gasteiger charge is -2.37. The van der Waals surface area contributed by atoms with Crippen molar-refractivity contribution in [3.63, 3.8) is 0 Å². The van der Waals surface area contributed by atoms with Crippen molar-refractivity contribution in [2.45, 2.75) is 0 Å². The summed E-state index contributed by atoms with van der Waals surface area (Å²) in [6.45, 7) is 3.60. The normalized spacial score (nSPS) is 14.3. The van der Waals surface area contributed by atoms with Crippen molar-refractivity contribution in [2.24, 2.45) is 0 Å². The van der Waals surface area contributed by atoms with Crippen LogP contribution in [0.4, 0.5) is 28.7 Å². The van der Waals surface area contributed by atoms with E-state index in [1.54, 1.807) is 6.33 Å². The highest BCUT2D eigenvalue weighted by Gasteiger charge is 2.21. The predicted octanol–water partition coefficient (Wildman–Crippen LogP) is 3.89. The van der Waals surface area contributed by atoms with Crippen molar-refractivity contribution < 1.29 is 0 Å². The smallest absolute Gasteiger partial charge is 0.159 e. The molecule has 1 fully saturated rings.